The average molecular weight is 129 g/mol. The van der Waals surface area contributed by atoms with Crippen LogP contribution >= 0.6 is 0 Å². The van der Waals surface area contributed by atoms with Crippen LogP contribution in [-0.4, -0.2) is 12.6 Å². The van der Waals surface area contributed by atoms with Crippen molar-refractivity contribution in [2.24, 2.45) is 0 Å². The first-order chi connectivity index (χ1) is 4.18. The summed E-state index contributed by atoms with van der Waals surface area (Å²) >= 11 is 0. The Bertz CT molecular complexity index is 117. The van der Waals surface area contributed by atoms with Gasteiger partial charge in [0.1, 0.15) is 0 Å². The molecule has 0 saturated heterocycles. The molecule has 0 unspecified atom stereocenters. The molecule has 0 N–H and O–H groups in total. The third-order valence-corrected chi connectivity index (χ3v) is 0.566. The smallest absolute Gasteiger partial charge is 0.293 e. The van der Waals surface area contributed by atoms with Crippen LogP contribution in [0.4, 0.5) is 0 Å². The van der Waals surface area contributed by atoms with Gasteiger partial charge in [-0.2, -0.15) is 4.89 Å². The highest BCUT2D eigenvalue weighted by atomic mass is 17.2. The molecule has 0 heterocycles. The Balaban J connectivity index is 3.39. The lowest BCUT2D eigenvalue weighted by Crippen LogP contribution is -2.05. The van der Waals surface area contributed by atoms with Gasteiger partial charge in [-0.3, -0.25) is 4.89 Å². The zero-order chi connectivity index (χ0) is 7.28. The van der Waals surface area contributed by atoms with Crippen LogP contribution in [0.3, 0.4) is 0 Å². The highest BCUT2D eigenvalue weighted by Gasteiger charge is 2.01. The van der Waals surface area contributed by atoms with Crippen LogP contribution in [0.25, 0.3) is 0 Å². The number of rotatable bonds is 3. The number of hydrogen-bond acceptors (Lipinski definition) is 3. The van der Waals surface area contributed by atoms with Crippen LogP contribution in [0.15, 0.2) is 12.2 Å². The summed E-state index contributed by atoms with van der Waals surface area (Å²) in [6, 6.07) is 0. The van der Waals surface area contributed by atoms with Gasteiger partial charge in [0, 0.05) is 5.57 Å². The van der Waals surface area contributed by atoms with Gasteiger partial charge in [-0.05, 0) is 13.8 Å². The summed E-state index contributed by atoms with van der Waals surface area (Å²) in [4.78, 5) is 18.8. The van der Waals surface area contributed by atoms with E-state index in [0.29, 0.717) is 5.57 Å². The molecule has 0 aliphatic heterocycles. The highest BCUT2D eigenvalue weighted by molar-refractivity contribution is 5.86. The lowest BCUT2D eigenvalue weighted by atomic mass is 10.4. The molecule has 3 nitrogen and oxygen atoms in total. The standard InChI is InChI=1S/C6H9O3/c1-4-8-9-6(7)5(2)3/h1-2,4H2,3H3. The van der Waals surface area contributed by atoms with E-state index in [0.717, 1.165) is 0 Å². The summed E-state index contributed by atoms with van der Waals surface area (Å²) in [7, 11) is 0. The van der Waals surface area contributed by atoms with E-state index in [4.69, 9.17) is 0 Å². The lowest BCUT2D eigenvalue weighted by Gasteiger charge is -1.97. The van der Waals surface area contributed by atoms with E-state index in [2.05, 4.69) is 23.3 Å². The van der Waals surface area contributed by atoms with E-state index in [1.54, 1.807) is 0 Å². The minimum Gasteiger partial charge on any atom is -0.293 e. The maximum atomic E-state index is 10.4. The molecule has 0 spiro atoms. The normalized spacial score (nSPS) is 8.67. The van der Waals surface area contributed by atoms with Crippen LogP contribution < -0.4 is 0 Å². The topological polar surface area (TPSA) is 35.5 Å². The first kappa shape index (κ1) is 8.17. The molecule has 0 bridgehead atoms. The molecular formula is C6H9O3. The fourth-order valence-corrected chi connectivity index (χ4v) is 0.166. The molecule has 0 aliphatic carbocycles. The predicted molar refractivity (Wildman–Crippen MR) is 32.2 cm³/mol. The minimum absolute atomic E-state index is 0.110. The zero-order valence-corrected chi connectivity index (χ0v) is 5.35. The third kappa shape index (κ3) is 3.73. The summed E-state index contributed by atoms with van der Waals surface area (Å²) in [6.07, 6.45) is 0. The van der Waals surface area contributed by atoms with Crippen molar-refractivity contribution in [3.8, 4) is 0 Å². The Morgan fingerprint density at radius 2 is 2.22 bits per heavy atom. The van der Waals surface area contributed by atoms with Crippen LogP contribution in [0.2, 0.25) is 0 Å². The second kappa shape index (κ2) is 4.09. The SMILES string of the molecule is [CH2]COOC(=O)C(=C)C. The number of carbonyl (C=O) groups is 1. The van der Waals surface area contributed by atoms with E-state index < -0.39 is 5.97 Å². The monoisotopic (exact) mass is 129 g/mol. The van der Waals surface area contributed by atoms with E-state index in [-0.39, 0.29) is 6.61 Å². The summed E-state index contributed by atoms with van der Waals surface area (Å²) in [6.45, 7) is 8.27. The van der Waals surface area contributed by atoms with Crippen LogP contribution in [0.5, 0.6) is 0 Å². The van der Waals surface area contributed by atoms with Gasteiger partial charge in [-0.1, -0.05) is 6.58 Å². The fraction of sp³-hybridized carbons (Fsp3) is 0.333. The van der Waals surface area contributed by atoms with Crippen molar-refractivity contribution >= 4 is 5.97 Å². The van der Waals surface area contributed by atoms with Crippen molar-refractivity contribution in [2.75, 3.05) is 6.61 Å². The Hall–Kier alpha value is -0.830. The Morgan fingerprint density at radius 3 is 2.56 bits per heavy atom. The van der Waals surface area contributed by atoms with Gasteiger partial charge in [0.2, 0.25) is 0 Å². The molecule has 0 amide bonds. The first-order valence-electron chi connectivity index (χ1n) is 2.47. The first-order valence-corrected chi connectivity index (χ1v) is 2.47. The van der Waals surface area contributed by atoms with Gasteiger partial charge >= 0.3 is 5.97 Å². The van der Waals surface area contributed by atoms with Gasteiger partial charge in [-0.15, -0.1) is 0 Å². The third-order valence-electron chi connectivity index (χ3n) is 0.566. The number of carbonyl (C=O) groups excluding carboxylic acids is 1. The Morgan fingerprint density at radius 1 is 1.67 bits per heavy atom. The van der Waals surface area contributed by atoms with Gasteiger partial charge < -0.3 is 0 Å². The maximum Gasteiger partial charge on any atom is 0.368 e. The van der Waals surface area contributed by atoms with Crippen LogP contribution in [0, 0.1) is 6.92 Å². The molecule has 1 radical (unpaired) electrons. The molecule has 0 aromatic rings. The van der Waals surface area contributed by atoms with Crippen molar-refractivity contribution < 1.29 is 14.6 Å². The minimum atomic E-state index is -0.557. The number of hydrogen-bond donors (Lipinski definition) is 0. The Kier molecular flexibility index (Phi) is 3.71. The second-order valence-corrected chi connectivity index (χ2v) is 1.47. The molecule has 0 saturated carbocycles. The van der Waals surface area contributed by atoms with Gasteiger partial charge in [0.15, 0.2) is 0 Å². The lowest BCUT2D eigenvalue weighted by molar-refractivity contribution is -0.261. The molecule has 0 aromatic heterocycles. The largest absolute Gasteiger partial charge is 0.368 e. The molecule has 0 fully saturated rings. The highest BCUT2D eigenvalue weighted by Crippen LogP contribution is 1.91. The van der Waals surface area contributed by atoms with Crippen LogP contribution in [0.1, 0.15) is 6.92 Å². The zero-order valence-electron chi connectivity index (χ0n) is 5.35. The molecule has 0 rings (SSSR count). The maximum absolute atomic E-state index is 10.4. The average Bonchev–Trinajstić information content (AvgIpc) is 1.82. The Labute approximate surface area is 54.2 Å². The van der Waals surface area contributed by atoms with E-state index >= 15 is 0 Å². The molecule has 0 atom stereocenters. The van der Waals surface area contributed by atoms with Crippen molar-refractivity contribution in [3.05, 3.63) is 19.1 Å². The fourth-order valence-electron chi connectivity index (χ4n) is 0.166. The molecular weight excluding hydrogens is 120 g/mol. The molecule has 3 heteroatoms. The molecule has 0 aliphatic rings. The van der Waals surface area contributed by atoms with Gasteiger partial charge in [0.25, 0.3) is 0 Å². The summed E-state index contributed by atoms with van der Waals surface area (Å²) in [5.41, 5.74) is 0.309. The second-order valence-electron chi connectivity index (χ2n) is 1.47. The summed E-state index contributed by atoms with van der Waals surface area (Å²) in [5, 5.41) is 0. The van der Waals surface area contributed by atoms with Gasteiger partial charge in [-0.25, -0.2) is 4.79 Å². The van der Waals surface area contributed by atoms with E-state index in [1.807, 2.05) is 0 Å². The van der Waals surface area contributed by atoms with Crippen molar-refractivity contribution in [1.82, 2.24) is 0 Å². The van der Waals surface area contributed by atoms with Crippen molar-refractivity contribution in [3.63, 3.8) is 0 Å². The van der Waals surface area contributed by atoms with Crippen molar-refractivity contribution in [1.29, 1.82) is 0 Å². The predicted octanol–water partition coefficient (Wildman–Crippen LogP) is 0.871. The summed E-state index contributed by atoms with van der Waals surface area (Å²) < 4.78 is 0. The van der Waals surface area contributed by atoms with Crippen LogP contribution in [-0.2, 0) is 14.6 Å². The van der Waals surface area contributed by atoms with E-state index in [9.17, 15) is 4.79 Å². The quantitative estimate of drug-likeness (QED) is 0.322. The van der Waals surface area contributed by atoms with E-state index in [1.165, 1.54) is 6.92 Å². The van der Waals surface area contributed by atoms with Gasteiger partial charge in [0.05, 0.1) is 6.61 Å². The molecule has 9 heavy (non-hydrogen) atoms. The van der Waals surface area contributed by atoms with Crippen molar-refractivity contribution in [2.45, 2.75) is 6.92 Å². The molecule has 0 aromatic carbocycles. The molecule has 51 valence electrons. The summed E-state index contributed by atoms with van der Waals surface area (Å²) in [5.74, 6) is -0.557.